The topological polar surface area (TPSA) is 63.2 Å². The minimum Gasteiger partial charge on any atom is -0.444 e. The summed E-state index contributed by atoms with van der Waals surface area (Å²) in [7, 11) is 0. The molecule has 1 aromatic heterocycles. The molecule has 0 atom stereocenters. The largest absolute Gasteiger partial charge is 0.444 e. The van der Waals surface area contributed by atoms with E-state index in [2.05, 4.69) is 31.5 Å². The zero-order valence-corrected chi connectivity index (χ0v) is 15.6. The van der Waals surface area contributed by atoms with Crippen LogP contribution in [0.3, 0.4) is 0 Å². The lowest BCUT2D eigenvalue weighted by Gasteiger charge is -2.30. The van der Waals surface area contributed by atoms with Crippen LogP contribution in [0, 0.1) is 0 Å². The highest BCUT2D eigenvalue weighted by atomic mass is 79.9. The second kappa shape index (κ2) is 8.11. The van der Waals surface area contributed by atoms with Gasteiger partial charge in [-0.1, -0.05) is 6.07 Å². The molecule has 1 heterocycles. The van der Waals surface area contributed by atoms with Crippen LogP contribution >= 0.6 is 15.9 Å². The molecule has 1 aliphatic rings. The van der Waals surface area contributed by atoms with Crippen LogP contribution in [0.1, 0.15) is 52.1 Å². The van der Waals surface area contributed by atoms with Gasteiger partial charge >= 0.3 is 6.09 Å². The normalized spacial score (nSPS) is 21.7. The summed E-state index contributed by atoms with van der Waals surface area (Å²) >= 11 is 3.39. The molecule has 0 spiro atoms. The molecule has 5 nitrogen and oxygen atoms in total. The molecule has 0 bridgehead atoms. The molecule has 0 saturated heterocycles. The van der Waals surface area contributed by atoms with E-state index in [1.807, 2.05) is 39.0 Å². The number of nitrogens with zero attached hydrogens (tertiary/aromatic N) is 1. The molecule has 1 amide bonds. The van der Waals surface area contributed by atoms with Crippen molar-refractivity contribution in [2.45, 2.75) is 70.7 Å². The first-order valence-corrected chi connectivity index (χ1v) is 8.95. The summed E-state index contributed by atoms with van der Waals surface area (Å²) in [5.41, 5.74) is 0.591. The maximum absolute atomic E-state index is 11.8. The molecule has 0 radical (unpaired) electrons. The van der Waals surface area contributed by atoms with Crippen molar-refractivity contribution in [2.75, 3.05) is 0 Å². The maximum Gasteiger partial charge on any atom is 0.407 e. The van der Waals surface area contributed by atoms with E-state index in [0.29, 0.717) is 6.04 Å². The molecular weight excluding hydrogens is 358 g/mol. The molecule has 1 aliphatic carbocycles. The fourth-order valence-electron chi connectivity index (χ4n) is 2.71. The fourth-order valence-corrected chi connectivity index (χ4v) is 3.09. The molecule has 0 aromatic carbocycles. The van der Waals surface area contributed by atoms with Crippen molar-refractivity contribution in [3.05, 3.63) is 28.5 Å². The van der Waals surface area contributed by atoms with Crippen LogP contribution in [0.15, 0.2) is 22.8 Å². The number of amides is 1. The number of nitrogens with one attached hydrogen (secondary N) is 2. The molecule has 1 aromatic rings. The number of hydrogen-bond donors (Lipinski definition) is 2. The third-order valence-corrected chi connectivity index (χ3v) is 4.23. The average Bonchev–Trinajstić information content (AvgIpc) is 2.44. The Bertz CT molecular complexity index is 523. The zero-order chi connectivity index (χ0) is 16.9. The minimum atomic E-state index is -0.445. The van der Waals surface area contributed by atoms with Gasteiger partial charge in [0.25, 0.3) is 0 Å². The van der Waals surface area contributed by atoms with Gasteiger partial charge in [-0.2, -0.15) is 0 Å². The van der Waals surface area contributed by atoms with Crippen LogP contribution in [0.4, 0.5) is 4.79 Å². The predicted molar refractivity (Wildman–Crippen MR) is 94.2 cm³/mol. The molecule has 2 N–H and O–H groups in total. The fraction of sp³-hybridized carbons (Fsp3) is 0.647. The maximum atomic E-state index is 11.8. The molecule has 6 heteroatoms. The number of alkyl carbamates (subject to hydrolysis) is 1. The van der Waals surface area contributed by atoms with Crippen molar-refractivity contribution in [3.63, 3.8) is 0 Å². The Balaban J connectivity index is 1.69. The summed E-state index contributed by atoms with van der Waals surface area (Å²) in [5.74, 6) is 0. The number of rotatable bonds is 4. The van der Waals surface area contributed by atoms with Crippen molar-refractivity contribution >= 4 is 22.0 Å². The number of ether oxygens (including phenoxy) is 1. The van der Waals surface area contributed by atoms with Gasteiger partial charge in [-0.3, -0.25) is 0 Å². The van der Waals surface area contributed by atoms with Gasteiger partial charge in [0.05, 0.1) is 5.69 Å². The Hall–Kier alpha value is -1.14. The van der Waals surface area contributed by atoms with E-state index < -0.39 is 5.60 Å². The molecule has 2 rings (SSSR count). The van der Waals surface area contributed by atoms with E-state index in [-0.39, 0.29) is 12.1 Å². The summed E-state index contributed by atoms with van der Waals surface area (Å²) in [6.45, 7) is 6.41. The Kier molecular flexibility index (Phi) is 6.41. The third-order valence-electron chi connectivity index (χ3n) is 3.79. The summed E-state index contributed by atoms with van der Waals surface area (Å²) in [4.78, 5) is 16.2. The lowest BCUT2D eigenvalue weighted by molar-refractivity contribution is 0.0489. The van der Waals surface area contributed by atoms with Crippen molar-refractivity contribution in [1.29, 1.82) is 0 Å². The van der Waals surface area contributed by atoms with Crippen LogP contribution in [0.25, 0.3) is 0 Å². The Labute approximate surface area is 146 Å². The Morgan fingerprint density at radius 1 is 1.26 bits per heavy atom. The van der Waals surface area contributed by atoms with Crippen LogP contribution in [-0.4, -0.2) is 28.8 Å². The molecule has 1 saturated carbocycles. The SMILES string of the molecule is CC(C)(C)OC(=O)NC1CCC(NCc2cccc(Br)n2)CC1. The molecule has 0 unspecified atom stereocenters. The Morgan fingerprint density at radius 2 is 1.91 bits per heavy atom. The number of carbonyl (C=O) groups excluding carboxylic acids is 1. The second-order valence-electron chi connectivity index (χ2n) is 7.03. The first-order chi connectivity index (χ1) is 10.8. The van der Waals surface area contributed by atoms with E-state index in [4.69, 9.17) is 4.74 Å². The zero-order valence-electron chi connectivity index (χ0n) is 14.1. The van der Waals surface area contributed by atoms with Gasteiger partial charge in [0, 0.05) is 18.6 Å². The van der Waals surface area contributed by atoms with Gasteiger partial charge in [0.15, 0.2) is 0 Å². The highest BCUT2D eigenvalue weighted by molar-refractivity contribution is 9.10. The summed E-state index contributed by atoms with van der Waals surface area (Å²) in [6.07, 6.45) is 3.74. The number of halogens is 1. The first kappa shape index (κ1) is 18.2. The Morgan fingerprint density at radius 3 is 2.52 bits per heavy atom. The van der Waals surface area contributed by atoms with Crippen LogP contribution in [0.2, 0.25) is 0 Å². The summed E-state index contributed by atoms with van der Waals surface area (Å²) in [6, 6.07) is 6.64. The summed E-state index contributed by atoms with van der Waals surface area (Å²) in [5, 5.41) is 6.52. The standard InChI is InChI=1S/C17H26BrN3O2/c1-17(2,3)23-16(22)21-13-9-7-12(8-10-13)19-11-14-5-4-6-15(18)20-14/h4-6,12-13,19H,7-11H2,1-3H3,(H,21,22). The lowest BCUT2D eigenvalue weighted by atomic mass is 9.91. The average molecular weight is 384 g/mol. The van der Waals surface area contributed by atoms with Gasteiger partial charge in [-0.15, -0.1) is 0 Å². The first-order valence-electron chi connectivity index (χ1n) is 8.16. The smallest absolute Gasteiger partial charge is 0.407 e. The van der Waals surface area contributed by atoms with Crippen molar-refractivity contribution < 1.29 is 9.53 Å². The third kappa shape index (κ3) is 6.87. The van der Waals surface area contributed by atoms with Crippen LogP contribution in [-0.2, 0) is 11.3 Å². The number of hydrogen-bond acceptors (Lipinski definition) is 4. The molecule has 0 aliphatic heterocycles. The number of aromatic nitrogens is 1. The molecule has 128 valence electrons. The second-order valence-corrected chi connectivity index (χ2v) is 7.84. The van der Waals surface area contributed by atoms with Crippen molar-refractivity contribution in [1.82, 2.24) is 15.6 Å². The molecule has 23 heavy (non-hydrogen) atoms. The van der Waals surface area contributed by atoms with Crippen molar-refractivity contribution in [2.24, 2.45) is 0 Å². The van der Waals surface area contributed by atoms with Gasteiger partial charge in [0.1, 0.15) is 10.2 Å². The monoisotopic (exact) mass is 383 g/mol. The van der Waals surface area contributed by atoms with Gasteiger partial charge in [-0.25, -0.2) is 9.78 Å². The van der Waals surface area contributed by atoms with Crippen molar-refractivity contribution in [3.8, 4) is 0 Å². The number of carbonyl (C=O) groups is 1. The van der Waals surface area contributed by atoms with Gasteiger partial charge in [-0.05, 0) is 74.5 Å². The number of pyridine rings is 1. The molecular formula is C17H26BrN3O2. The highest BCUT2D eigenvalue weighted by Crippen LogP contribution is 2.20. The van der Waals surface area contributed by atoms with E-state index in [9.17, 15) is 4.79 Å². The molecule has 1 fully saturated rings. The van der Waals surface area contributed by atoms with E-state index >= 15 is 0 Å². The minimum absolute atomic E-state index is 0.215. The quantitative estimate of drug-likeness (QED) is 0.776. The summed E-state index contributed by atoms with van der Waals surface area (Å²) < 4.78 is 6.17. The van der Waals surface area contributed by atoms with Gasteiger partial charge < -0.3 is 15.4 Å². The van der Waals surface area contributed by atoms with E-state index in [1.165, 1.54) is 0 Å². The highest BCUT2D eigenvalue weighted by Gasteiger charge is 2.24. The lowest BCUT2D eigenvalue weighted by Crippen LogP contribution is -2.43. The van der Waals surface area contributed by atoms with Crippen LogP contribution < -0.4 is 10.6 Å². The predicted octanol–water partition coefficient (Wildman–Crippen LogP) is 3.77. The van der Waals surface area contributed by atoms with Crippen LogP contribution in [0.5, 0.6) is 0 Å². The van der Waals surface area contributed by atoms with Gasteiger partial charge in [0.2, 0.25) is 0 Å². The van der Waals surface area contributed by atoms with E-state index in [1.54, 1.807) is 0 Å². The van der Waals surface area contributed by atoms with E-state index in [0.717, 1.165) is 42.5 Å².